The zero-order chi connectivity index (χ0) is 15.3. The fraction of sp³-hybridized carbons (Fsp3) is 0.941. The van der Waals surface area contributed by atoms with Crippen LogP contribution in [0.1, 0.15) is 71.1 Å². The summed E-state index contributed by atoms with van der Waals surface area (Å²) >= 11 is 0. The van der Waals surface area contributed by atoms with Crippen LogP contribution >= 0.6 is 0 Å². The molecule has 1 fully saturated rings. The molecule has 1 rings (SSSR count). The second-order valence-electron chi connectivity index (χ2n) is 6.15. The second kappa shape index (κ2) is 12.0. The van der Waals surface area contributed by atoms with Gasteiger partial charge in [0.2, 0.25) is 0 Å². The molecule has 1 saturated heterocycles. The number of ether oxygens (including phenoxy) is 1. The van der Waals surface area contributed by atoms with Gasteiger partial charge >= 0.3 is 5.97 Å². The van der Waals surface area contributed by atoms with E-state index in [1.165, 1.54) is 57.8 Å². The van der Waals surface area contributed by atoms with Crippen LogP contribution in [0.2, 0.25) is 0 Å². The fourth-order valence-electron chi connectivity index (χ4n) is 2.94. The van der Waals surface area contributed by atoms with Gasteiger partial charge in [-0.25, -0.2) is 0 Å². The summed E-state index contributed by atoms with van der Waals surface area (Å²) in [4.78, 5) is 13.2. The van der Waals surface area contributed by atoms with Crippen LogP contribution in [0.3, 0.4) is 0 Å². The first kappa shape index (κ1) is 18.4. The molecular weight excluding hydrogens is 266 g/mol. The van der Waals surface area contributed by atoms with E-state index >= 15 is 0 Å². The first-order chi connectivity index (χ1) is 10.3. The van der Waals surface area contributed by atoms with Crippen molar-refractivity contribution in [2.75, 3.05) is 26.3 Å². The number of carbonyl (C=O) groups is 1. The summed E-state index contributed by atoms with van der Waals surface area (Å²) in [5.41, 5.74) is 0. The quantitative estimate of drug-likeness (QED) is 0.558. The van der Waals surface area contributed by atoms with Crippen molar-refractivity contribution < 1.29 is 14.6 Å². The molecule has 0 aromatic rings. The third-order valence-electron chi connectivity index (χ3n) is 4.32. The predicted molar refractivity (Wildman–Crippen MR) is 85.7 cm³/mol. The van der Waals surface area contributed by atoms with Gasteiger partial charge in [-0.05, 0) is 13.0 Å². The highest BCUT2D eigenvalue weighted by Crippen LogP contribution is 2.12. The molecule has 0 aliphatic carbocycles. The van der Waals surface area contributed by atoms with Gasteiger partial charge in [-0.3, -0.25) is 9.69 Å². The summed E-state index contributed by atoms with van der Waals surface area (Å²) in [6.07, 6.45) is 13.2. The lowest BCUT2D eigenvalue weighted by Gasteiger charge is -2.32. The molecule has 0 radical (unpaired) electrons. The number of carboxylic acid groups (broad SMARTS) is 1. The Labute approximate surface area is 129 Å². The lowest BCUT2D eigenvalue weighted by atomic mass is 10.1. The highest BCUT2D eigenvalue weighted by Gasteiger charge is 2.28. The van der Waals surface area contributed by atoms with Crippen LogP contribution in [0.25, 0.3) is 0 Å². The summed E-state index contributed by atoms with van der Waals surface area (Å²) < 4.78 is 5.25. The third kappa shape index (κ3) is 8.42. The minimum absolute atomic E-state index is 0.340. The van der Waals surface area contributed by atoms with E-state index in [0.717, 1.165) is 19.5 Å². The van der Waals surface area contributed by atoms with Crippen LogP contribution in [0.4, 0.5) is 0 Å². The highest BCUT2D eigenvalue weighted by atomic mass is 16.5. The minimum Gasteiger partial charge on any atom is -0.480 e. The van der Waals surface area contributed by atoms with Crippen molar-refractivity contribution in [2.45, 2.75) is 77.2 Å². The number of nitrogens with zero attached hydrogens (tertiary/aromatic N) is 1. The van der Waals surface area contributed by atoms with Crippen molar-refractivity contribution in [3.63, 3.8) is 0 Å². The number of morpholine rings is 1. The topological polar surface area (TPSA) is 49.8 Å². The SMILES string of the molecule is CCCCCCCCCCCCN1CCOCC1C(=O)O. The summed E-state index contributed by atoms with van der Waals surface area (Å²) in [6.45, 7) is 4.92. The maximum atomic E-state index is 11.1. The van der Waals surface area contributed by atoms with E-state index in [-0.39, 0.29) is 0 Å². The smallest absolute Gasteiger partial charge is 0.323 e. The normalized spacial score (nSPS) is 19.8. The van der Waals surface area contributed by atoms with Gasteiger partial charge in [0.15, 0.2) is 0 Å². The van der Waals surface area contributed by atoms with Gasteiger partial charge in [0.1, 0.15) is 6.04 Å². The molecule has 0 saturated carbocycles. The second-order valence-corrected chi connectivity index (χ2v) is 6.15. The van der Waals surface area contributed by atoms with Gasteiger partial charge in [0.25, 0.3) is 0 Å². The summed E-state index contributed by atoms with van der Waals surface area (Å²) in [5.74, 6) is -0.748. The van der Waals surface area contributed by atoms with E-state index in [1.807, 2.05) is 0 Å². The van der Waals surface area contributed by atoms with E-state index < -0.39 is 12.0 Å². The molecular formula is C17H33NO3. The Morgan fingerprint density at radius 3 is 2.19 bits per heavy atom. The molecule has 0 aromatic heterocycles. The van der Waals surface area contributed by atoms with Crippen LogP contribution in [-0.2, 0) is 9.53 Å². The van der Waals surface area contributed by atoms with Gasteiger partial charge in [0.05, 0.1) is 13.2 Å². The summed E-state index contributed by atoms with van der Waals surface area (Å²) in [7, 11) is 0. The van der Waals surface area contributed by atoms with Crippen LogP contribution < -0.4 is 0 Å². The van der Waals surface area contributed by atoms with Crippen LogP contribution in [0, 0.1) is 0 Å². The van der Waals surface area contributed by atoms with Gasteiger partial charge in [-0.1, -0.05) is 64.7 Å². The molecule has 0 aromatic carbocycles. The lowest BCUT2D eigenvalue weighted by molar-refractivity contribution is -0.149. The molecule has 4 heteroatoms. The number of rotatable bonds is 12. The molecule has 1 N–H and O–H groups in total. The predicted octanol–water partition coefficient (Wildman–Crippen LogP) is 3.69. The molecule has 4 nitrogen and oxygen atoms in total. The number of unbranched alkanes of at least 4 members (excludes halogenated alkanes) is 9. The Kier molecular flexibility index (Phi) is 10.5. The van der Waals surface area contributed by atoms with Crippen molar-refractivity contribution in [2.24, 2.45) is 0 Å². The molecule has 21 heavy (non-hydrogen) atoms. The van der Waals surface area contributed by atoms with Crippen molar-refractivity contribution in [1.82, 2.24) is 4.90 Å². The van der Waals surface area contributed by atoms with Crippen LogP contribution in [0.15, 0.2) is 0 Å². The van der Waals surface area contributed by atoms with Crippen molar-refractivity contribution in [1.29, 1.82) is 0 Å². The van der Waals surface area contributed by atoms with Crippen LogP contribution in [0.5, 0.6) is 0 Å². The highest BCUT2D eigenvalue weighted by molar-refractivity contribution is 5.73. The largest absolute Gasteiger partial charge is 0.480 e. The first-order valence-electron chi connectivity index (χ1n) is 8.80. The molecule has 1 atom stereocenters. The Morgan fingerprint density at radius 1 is 1.05 bits per heavy atom. The van der Waals surface area contributed by atoms with Gasteiger partial charge in [-0.15, -0.1) is 0 Å². The minimum atomic E-state index is -0.748. The Hall–Kier alpha value is -0.610. The summed E-state index contributed by atoms with van der Waals surface area (Å²) in [6, 6.07) is -0.433. The standard InChI is InChI=1S/C17H33NO3/c1-2-3-4-5-6-7-8-9-10-11-12-18-13-14-21-15-16(18)17(19)20/h16H,2-15H2,1H3,(H,19,20). The fourth-order valence-corrected chi connectivity index (χ4v) is 2.94. The summed E-state index contributed by atoms with van der Waals surface area (Å²) in [5, 5.41) is 9.15. The number of hydrogen-bond donors (Lipinski definition) is 1. The average Bonchev–Trinajstić information content (AvgIpc) is 2.49. The maximum absolute atomic E-state index is 11.1. The molecule has 0 bridgehead atoms. The lowest BCUT2D eigenvalue weighted by Crippen LogP contribution is -2.50. The molecule has 0 amide bonds. The molecule has 124 valence electrons. The molecule has 0 spiro atoms. The number of hydrogen-bond acceptors (Lipinski definition) is 3. The maximum Gasteiger partial charge on any atom is 0.323 e. The van der Waals surface area contributed by atoms with E-state index in [4.69, 9.17) is 9.84 Å². The average molecular weight is 299 g/mol. The van der Waals surface area contributed by atoms with Crippen LogP contribution in [-0.4, -0.2) is 48.3 Å². The monoisotopic (exact) mass is 299 g/mol. The van der Waals surface area contributed by atoms with E-state index in [0.29, 0.717) is 13.2 Å². The van der Waals surface area contributed by atoms with Crippen molar-refractivity contribution in [3.05, 3.63) is 0 Å². The zero-order valence-electron chi connectivity index (χ0n) is 13.7. The number of aliphatic carboxylic acids is 1. The Balaban J connectivity index is 1.94. The van der Waals surface area contributed by atoms with Crippen molar-refractivity contribution in [3.8, 4) is 0 Å². The van der Waals surface area contributed by atoms with Gasteiger partial charge in [-0.2, -0.15) is 0 Å². The Morgan fingerprint density at radius 2 is 1.62 bits per heavy atom. The van der Waals surface area contributed by atoms with E-state index in [2.05, 4.69) is 11.8 Å². The Bertz CT molecular complexity index is 271. The molecule has 1 aliphatic heterocycles. The number of carboxylic acids is 1. The van der Waals surface area contributed by atoms with Crippen molar-refractivity contribution >= 4 is 5.97 Å². The molecule has 1 unspecified atom stereocenters. The third-order valence-corrected chi connectivity index (χ3v) is 4.32. The molecule has 1 aliphatic rings. The van der Waals surface area contributed by atoms with Gasteiger partial charge < -0.3 is 9.84 Å². The molecule has 1 heterocycles. The zero-order valence-corrected chi connectivity index (χ0v) is 13.7. The van der Waals surface area contributed by atoms with E-state index in [9.17, 15) is 4.79 Å². The van der Waals surface area contributed by atoms with E-state index in [1.54, 1.807) is 0 Å². The van der Waals surface area contributed by atoms with Gasteiger partial charge in [0, 0.05) is 6.54 Å². The first-order valence-corrected chi connectivity index (χ1v) is 8.80.